The summed E-state index contributed by atoms with van der Waals surface area (Å²) in [6.07, 6.45) is 0. The summed E-state index contributed by atoms with van der Waals surface area (Å²) >= 11 is 1.47. The first kappa shape index (κ1) is 12.1. The van der Waals surface area contributed by atoms with Crippen molar-refractivity contribution in [2.24, 2.45) is 0 Å². The summed E-state index contributed by atoms with van der Waals surface area (Å²) in [5.41, 5.74) is 2.79. The molecular weight excluding hydrogens is 240 g/mol. The second-order valence-corrected chi connectivity index (χ2v) is 4.74. The monoisotopic (exact) mass is 250 g/mol. The van der Waals surface area contributed by atoms with Crippen LogP contribution < -0.4 is 0 Å². The average Bonchev–Trinajstić information content (AvgIpc) is 2.91. The molecule has 0 saturated carbocycles. The molecule has 86 valence electrons. The van der Waals surface area contributed by atoms with E-state index in [1.165, 1.54) is 11.3 Å². The number of allylic oxidation sites excluding steroid dienone is 1. The molecule has 1 aromatic heterocycles. The number of hydrogen-bond donors (Lipinski definition) is 0. The second-order valence-electron chi connectivity index (χ2n) is 3.79. The summed E-state index contributed by atoms with van der Waals surface area (Å²) in [7, 11) is 0. The highest BCUT2D eigenvalue weighted by Gasteiger charge is 2.12. The van der Waals surface area contributed by atoms with Crippen molar-refractivity contribution in [1.29, 1.82) is 5.26 Å². The second kappa shape index (κ2) is 5.31. The van der Waals surface area contributed by atoms with Gasteiger partial charge in [-0.25, -0.2) is 4.85 Å². The maximum atomic E-state index is 9.30. The highest BCUT2D eigenvalue weighted by molar-refractivity contribution is 7.11. The highest BCUT2D eigenvalue weighted by Crippen LogP contribution is 2.30. The topological polar surface area (TPSA) is 28.1 Å². The van der Waals surface area contributed by atoms with Crippen molar-refractivity contribution in [2.45, 2.75) is 6.92 Å². The molecule has 0 radical (unpaired) electrons. The molecule has 0 saturated heterocycles. The van der Waals surface area contributed by atoms with E-state index in [0.717, 1.165) is 16.0 Å². The number of nitrogens with zero attached hydrogens (tertiary/aromatic N) is 2. The van der Waals surface area contributed by atoms with E-state index in [9.17, 15) is 5.26 Å². The lowest BCUT2D eigenvalue weighted by Gasteiger charge is -2.02. The van der Waals surface area contributed by atoms with Crippen LogP contribution in [0.4, 0.5) is 0 Å². The molecule has 2 aromatic rings. The number of benzene rings is 1. The molecule has 0 unspecified atom stereocenters. The quantitative estimate of drug-likeness (QED) is 0.574. The van der Waals surface area contributed by atoms with E-state index < -0.39 is 0 Å². The van der Waals surface area contributed by atoms with Crippen molar-refractivity contribution in [3.63, 3.8) is 0 Å². The van der Waals surface area contributed by atoms with Crippen LogP contribution >= 0.6 is 11.3 Å². The number of rotatable bonds is 2. The Balaban J connectivity index is 2.60. The summed E-state index contributed by atoms with van der Waals surface area (Å²) < 4.78 is 0. The largest absolute Gasteiger partial charge is 0.235 e. The Labute approximate surface area is 110 Å². The van der Waals surface area contributed by atoms with Crippen LogP contribution in [0.3, 0.4) is 0 Å². The van der Waals surface area contributed by atoms with Crippen LogP contribution in [0.2, 0.25) is 0 Å². The van der Waals surface area contributed by atoms with E-state index in [0.29, 0.717) is 11.3 Å². The van der Waals surface area contributed by atoms with Crippen LogP contribution in [0.5, 0.6) is 0 Å². The van der Waals surface area contributed by atoms with Gasteiger partial charge in [-0.2, -0.15) is 16.6 Å². The van der Waals surface area contributed by atoms with E-state index in [2.05, 4.69) is 10.9 Å². The van der Waals surface area contributed by atoms with E-state index in [1.807, 2.05) is 48.7 Å². The molecule has 0 aliphatic heterocycles. The SMILES string of the molecule is [C-]#[N+]C(=C(C#N)c1ccc(C)cc1)c1cccs1. The predicted octanol–water partition coefficient (Wildman–Crippen LogP) is 4.37. The molecular formula is C15H10N2S. The molecule has 2 rings (SSSR count). The van der Waals surface area contributed by atoms with Gasteiger partial charge < -0.3 is 0 Å². The van der Waals surface area contributed by atoms with Gasteiger partial charge in [0.2, 0.25) is 5.70 Å². The van der Waals surface area contributed by atoms with Gasteiger partial charge in [-0.1, -0.05) is 42.0 Å². The van der Waals surface area contributed by atoms with Crippen LogP contribution in [-0.4, -0.2) is 0 Å². The molecule has 0 N–H and O–H groups in total. The molecule has 0 fully saturated rings. The fourth-order valence-corrected chi connectivity index (χ4v) is 2.34. The van der Waals surface area contributed by atoms with Crippen molar-refractivity contribution in [1.82, 2.24) is 0 Å². The smallest absolute Gasteiger partial charge is 0.221 e. The maximum absolute atomic E-state index is 9.30. The molecule has 0 aliphatic carbocycles. The molecule has 0 aliphatic rings. The Morgan fingerprint density at radius 2 is 2.00 bits per heavy atom. The van der Waals surface area contributed by atoms with Gasteiger partial charge in [-0.15, -0.1) is 0 Å². The molecule has 0 bridgehead atoms. The van der Waals surface area contributed by atoms with Gasteiger partial charge in [0.25, 0.3) is 0 Å². The minimum absolute atomic E-state index is 0.427. The van der Waals surface area contributed by atoms with E-state index in [1.54, 1.807) is 0 Å². The summed E-state index contributed by atoms with van der Waals surface area (Å²) in [5, 5.41) is 11.2. The molecule has 1 heterocycles. The first-order valence-electron chi connectivity index (χ1n) is 5.39. The Bertz CT molecular complexity index is 650. The number of thiophene rings is 1. The van der Waals surface area contributed by atoms with Crippen LogP contribution in [-0.2, 0) is 0 Å². The van der Waals surface area contributed by atoms with E-state index >= 15 is 0 Å². The van der Waals surface area contributed by atoms with Gasteiger partial charge in [0.15, 0.2) is 0 Å². The molecule has 18 heavy (non-hydrogen) atoms. The zero-order valence-corrected chi connectivity index (χ0v) is 10.7. The van der Waals surface area contributed by atoms with E-state index in [-0.39, 0.29) is 0 Å². The van der Waals surface area contributed by atoms with Crippen molar-refractivity contribution in [3.05, 3.63) is 69.2 Å². The average molecular weight is 250 g/mol. The highest BCUT2D eigenvalue weighted by atomic mass is 32.1. The van der Waals surface area contributed by atoms with Gasteiger partial charge in [-0.05, 0) is 17.9 Å². The van der Waals surface area contributed by atoms with Gasteiger partial charge in [0, 0.05) is 4.88 Å². The fourth-order valence-electron chi connectivity index (χ4n) is 1.62. The molecule has 0 amide bonds. The number of aryl methyl sites for hydroxylation is 1. The first-order chi connectivity index (χ1) is 8.76. The Kier molecular flexibility index (Phi) is 3.57. The molecule has 1 aromatic carbocycles. The lowest BCUT2D eigenvalue weighted by Crippen LogP contribution is -1.86. The third kappa shape index (κ3) is 2.32. The predicted molar refractivity (Wildman–Crippen MR) is 74.5 cm³/mol. The lowest BCUT2D eigenvalue weighted by atomic mass is 10.0. The van der Waals surface area contributed by atoms with E-state index in [4.69, 9.17) is 6.57 Å². The van der Waals surface area contributed by atoms with Crippen molar-refractivity contribution >= 4 is 22.6 Å². The first-order valence-corrected chi connectivity index (χ1v) is 6.27. The normalized spacial score (nSPS) is 11.3. The van der Waals surface area contributed by atoms with Crippen molar-refractivity contribution < 1.29 is 0 Å². The fraction of sp³-hybridized carbons (Fsp3) is 0.0667. The van der Waals surface area contributed by atoms with Crippen molar-refractivity contribution in [3.8, 4) is 6.07 Å². The van der Waals surface area contributed by atoms with Gasteiger partial charge in [-0.3, -0.25) is 0 Å². The summed E-state index contributed by atoms with van der Waals surface area (Å²) in [5.74, 6) is 0. The third-order valence-corrected chi connectivity index (χ3v) is 3.43. The summed E-state index contributed by atoms with van der Waals surface area (Å²) in [6, 6.07) is 13.6. The molecule has 2 nitrogen and oxygen atoms in total. The van der Waals surface area contributed by atoms with Gasteiger partial charge >= 0.3 is 0 Å². The number of hydrogen-bond acceptors (Lipinski definition) is 2. The van der Waals surface area contributed by atoms with Gasteiger partial charge in [0.05, 0.1) is 18.2 Å². The lowest BCUT2D eigenvalue weighted by molar-refractivity contribution is 1.45. The Morgan fingerprint density at radius 1 is 1.28 bits per heavy atom. The molecule has 3 heteroatoms. The van der Waals surface area contributed by atoms with Crippen LogP contribution in [0.1, 0.15) is 16.0 Å². The van der Waals surface area contributed by atoms with Crippen LogP contribution in [0.15, 0.2) is 41.8 Å². The Morgan fingerprint density at radius 3 is 2.50 bits per heavy atom. The third-order valence-electron chi connectivity index (χ3n) is 2.56. The van der Waals surface area contributed by atoms with Gasteiger partial charge in [0.1, 0.15) is 0 Å². The summed E-state index contributed by atoms with van der Waals surface area (Å²) in [6.45, 7) is 9.28. The van der Waals surface area contributed by atoms with Crippen LogP contribution in [0.25, 0.3) is 16.1 Å². The Hall–Kier alpha value is -2.36. The van der Waals surface area contributed by atoms with Crippen molar-refractivity contribution in [2.75, 3.05) is 0 Å². The maximum Gasteiger partial charge on any atom is 0.221 e. The summed E-state index contributed by atoms with van der Waals surface area (Å²) in [4.78, 5) is 4.35. The molecule has 0 spiro atoms. The minimum atomic E-state index is 0.427. The number of nitriles is 1. The van der Waals surface area contributed by atoms with Crippen LogP contribution in [0, 0.1) is 24.8 Å². The standard InChI is InChI=1S/C15H10N2S/c1-11-5-7-12(8-6-11)13(10-16)15(17-2)14-4-3-9-18-14/h3-9H,1H3. The molecule has 0 atom stereocenters. The minimum Gasteiger partial charge on any atom is -0.235 e. The zero-order chi connectivity index (χ0) is 13.0. The zero-order valence-electron chi connectivity index (χ0n) is 9.84.